The number of fused-ring (bicyclic) bond motifs is 1. The molecule has 0 aliphatic heterocycles. The van der Waals surface area contributed by atoms with Gasteiger partial charge in [-0.25, -0.2) is 18.6 Å². The average molecular weight is 453 g/mol. The Hall–Kier alpha value is -3.66. The van der Waals surface area contributed by atoms with Gasteiger partial charge in [0, 0.05) is 47.7 Å². The first-order valence-electron chi connectivity index (χ1n) is 9.55. The van der Waals surface area contributed by atoms with E-state index in [0.29, 0.717) is 34.2 Å². The maximum atomic E-state index is 13.2. The first-order valence-corrected chi connectivity index (χ1v) is 9.93. The number of nitrogens with one attached hydrogen (secondary N) is 3. The van der Waals surface area contributed by atoms with Crippen LogP contribution < -0.4 is 21.4 Å². The van der Waals surface area contributed by atoms with Crippen LogP contribution in [0.4, 0.5) is 25.1 Å². The third-order valence-corrected chi connectivity index (χ3v) is 4.87. The lowest BCUT2D eigenvalue weighted by molar-refractivity contribution is 0.252. The summed E-state index contributed by atoms with van der Waals surface area (Å²) in [5.41, 5.74) is 2.37. The topological polar surface area (TPSA) is 83.3 Å². The Kier molecular flexibility index (Phi) is 6.22. The molecule has 0 unspecified atom stereocenters. The second-order valence-electron chi connectivity index (χ2n) is 6.78. The Balaban J connectivity index is 1.43. The number of aromatic nitrogens is 3. The zero-order valence-corrected chi connectivity index (χ0v) is 17.3. The Labute approximate surface area is 188 Å². The molecule has 0 spiro atoms. The number of rotatable bonds is 6. The van der Waals surface area contributed by atoms with Crippen molar-refractivity contribution in [2.75, 3.05) is 23.7 Å². The van der Waals surface area contributed by atoms with Crippen LogP contribution in [0.1, 0.15) is 0 Å². The molecule has 4 rings (SSSR count). The van der Waals surface area contributed by atoms with Gasteiger partial charge in [0.2, 0.25) is 0 Å². The van der Waals surface area contributed by atoms with E-state index >= 15 is 0 Å². The molecular formula is C21H16BClF2N6O. The van der Waals surface area contributed by atoms with Crippen LogP contribution in [0.2, 0.25) is 5.02 Å². The van der Waals surface area contributed by atoms with E-state index in [1.807, 2.05) is 18.2 Å². The molecule has 0 aliphatic carbocycles. The second-order valence-corrected chi connectivity index (χ2v) is 7.19. The Bertz CT molecular complexity index is 1300. The minimum atomic E-state index is -1.04. The number of urea groups is 1. The number of halogens is 3. The zero-order chi connectivity index (χ0) is 22.7. The minimum absolute atomic E-state index is 0.140. The molecule has 0 fully saturated rings. The quantitative estimate of drug-likeness (QED) is 0.309. The van der Waals surface area contributed by atoms with Crippen LogP contribution in [0.25, 0.3) is 16.9 Å². The van der Waals surface area contributed by atoms with E-state index in [-0.39, 0.29) is 12.2 Å². The molecule has 0 aliphatic rings. The molecule has 2 heterocycles. The summed E-state index contributed by atoms with van der Waals surface area (Å²) >= 11 is 6.31. The SMILES string of the molecule is [B]c1cnn2c(NCCNC(=O)Nc3ccc(F)c(F)c3)cc(-c3ccccc3Cl)nc12. The van der Waals surface area contributed by atoms with Gasteiger partial charge in [-0.1, -0.05) is 29.8 Å². The van der Waals surface area contributed by atoms with Crippen molar-refractivity contribution in [2.45, 2.75) is 0 Å². The van der Waals surface area contributed by atoms with Crippen LogP contribution in [0, 0.1) is 11.6 Å². The fourth-order valence-electron chi connectivity index (χ4n) is 3.03. The second kappa shape index (κ2) is 9.23. The molecule has 0 bridgehead atoms. The van der Waals surface area contributed by atoms with Gasteiger partial charge in [-0.15, -0.1) is 0 Å². The van der Waals surface area contributed by atoms with Gasteiger partial charge in [-0.2, -0.15) is 9.61 Å². The maximum absolute atomic E-state index is 13.2. The molecular weight excluding hydrogens is 437 g/mol. The van der Waals surface area contributed by atoms with Crippen molar-refractivity contribution in [3.8, 4) is 11.3 Å². The molecule has 2 radical (unpaired) electrons. The molecule has 2 amide bonds. The molecule has 4 aromatic rings. The third kappa shape index (κ3) is 4.65. The zero-order valence-electron chi connectivity index (χ0n) is 16.6. The van der Waals surface area contributed by atoms with Gasteiger partial charge in [0.25, 0.3) is 0 Å². The van der Waals surface area contributed by atoms with E-state index in [4.69, 9.17) is 19.4 Å². The van der Waals surface area contributed by atoms with E-state index in [1.165, 1.54) is 12.3 Å². The highest BCUT2D eigenvalue weighted by atomic mass is 35.5. The van der Waals surface area contributed by atoms with Crippen LogP contribution in [-0.2, 0) is 0 Å². The smallest absolute Gasteiger partial charge is 0.319 e. The van der Waals surface area contributed by atoms with E-state index in [0.717, 1.165) is 17.7 Å². The Morgan fingerprint density at radius 3 is 2.69 bits per heavy atom. The molecule has 0 atom stereocenters. The molecule has 11 heteroatoms. The lowest BCUT2D eigenvalue weighted by Gasteiger charge is -2.13. The number of carbonyl (C=O) groups is 1. The Morgan fingerprint density at radius 1 is 1.09 bits per heavy atom. The summed E-state index contributed by atoms with van der Waals surface area (Å²) in [6.45, 7) is 0.573. The van der Waals surface area contributed by atoms with Gasteiger partial charge >= 0.3 is 6.03 Å². The van der Waals surface area contributed by atoms with Crippen LogP contribution in [0.5, 0.6) is 0 Å². The van der Waals surface area contributed by atoms with Crippen LogP contribution in [0.15, 0.2) is 54.7 Å². The summed E-state index contributed by atoms with van der Waals surface area (Å²) in [6.07, 6.45) is 1.50. The highest BCUT2D eigenvalue weighted by molar-refractivity contribution is 6.36. The molecule has 7 nitrogen and oxygen atoms in total. The van der Waals surface area contributed by atoms with Gasteiger partial charge in [0.05, 0.1) is 5.69 Å². The fraction of sp³-hybridized carbons (Fsp3) is 0.0952. The molecule has 160 valence electrons. The summed E-state index contributed by atoms with van der Waals surface area (Å²) in [4.78, 5) is 16.5. The monoisotopic (exact) mass is 452 g/mol. The van der Waals surface area contributed by atoms with Gasteiger partial charge in [0.1, 0.15) is 13.7 Å². The molecule has 32 heavy (non-hydrogen) atoms. The Morgan fingerprint density at radius 2 is 1.91 bits per heavy atom. The standard InChI is InChI=1S/C21H16BClF2N6O/c22-14-11-28-31-19(10-18(30-20(14)31)13-3-1-2-4-15(13)23)26-7-8-27-21(32)29-12-5-6-16(24)17(25)9-12/h1-6,9-11,26H,7-8H2,(H2,27,29,32). The summed E-state index contributed by atoms with van der Waals surface area (Å²) in [7, 11) is 6.00. The summed E-state index contributed by atoms with van der Waals surface area (Å²) < 4.78 is 27.8. The van der Waals surface area contributed by atoms with Crippen LogP contribution in [0.3, 0.4) is 0 Å². The van der Waals surface area contributed by atoms with Crippen LogP contribution in [-0.4, -0.2) is 41.6 Å². The third-order valence-electron chi connectivity index (χ3n) is 4.54. The molecule has 3 N–H and O–H groups in total. The number of benzene rings is 2. The lowest BCUT2D eigenvalue weighted by atomic mass is 10.0. The number of amides is 2. The van der Waals surface area contributed by atoms with Crippen molar-refractivity contribution in [3.05, 3.63) is 71.4 Å². The molecule has 0 saturated heterocycles. The number of nitrogens with zero attached hydrogens (tertiary/aromatic N) is 3. The average Bonchev–Trinajstić information content (AvgIpc) is 3.15. The van der Waals surface area contributed by atoms with Gasteiger partial charge in [-0.3, -0.25) is 0 Å². The highest BCUT2D eigenvalue weighted by Crippen LogP contribution is 2.28. The normalized spacial score (nSPS) is 10.8. The van der Waals surface area contributed by atoms with E-state index in [9.17, 15) is 13.6 Å². The maximum Gasteiger partial charge on any atom is 0.319 e. The first kappa shape index (κ1) is 21.6. The van der Waals surface area contributed by atoms with Crippen molar-refractivity contribution >= 4 is 48.1 Å². The van der Waals surface area contributed by atoms with Crippen LogP contribution >= 0.6 is 11.6 Å². The van der Waals surface area contributed by atoms with E-state index in [1.54, 1.807) is 16.6 Å². The summed E-state index contributed by atoms with van der Waals surface area (Å²) in [6, 6.07) is 11.6. The predicted octanol–water partition coefficient (Wildman–Crippen LogP) is 3.36. The van der Waals surface area contributed by atoms with Crippen molar-refractivity contribution < 1.29 is 13.6 Å². The molecule has 0 saturated carbocycles. The minimum Gasteiger partial charge on any atom is -0.368 e. The van der Waals surface area contributed by atoms with E-state index < -0.39 is 17.7 Å². The highest BCUT2D eigenvalue weighted by Gasteiger charge is 2.12. The molecule has 2 aromatic heterocycles. The van der Waals surface area contributed by atoms with Gasteiger partial charge < -0.3 is 16.0 Å². The van der Waals surface area contributed by atoms with Gasteiger partial charge in [0.15, 0.2) is 17.3 Å². The van der Waals surface area contributed by atoms with E-state index in [2.05, 4.69) is 26.0 Å². The number of hydrogen-bond acceptors (Lipinski definition) is 4. The summed E-state index contributed by atoms with van der Waals surface area (Å²) in [5.74, 6) is -1.43. The predicted molar refractivity (Wildman–Crippen MR) is 121 cm³/mol. The van der Waals surface area contributed by atoms with Crippen molar-refractivity contribution in [3.63, 3.8) is 0 Å². The lowest BCUT2D eigenvalue weighted by Crippen LogP contribution is -2.32. The molecule has 2 aromatic carbocycles. The van der Waals surface area contributed by atoms with Crippen molar-refractivity contribution in [1.82, 2.24) is 19.9 Å². The van der Waals surface area contributed by atoms with Crippen molar-refractivity contribution in [2.24, 2.45) is 0 Å². The fourth-order valence-corrected chi connectivity index (χ4v) is 3.26. The number of anilines is 2. The van der Waals surface area contributed by atoms with Gasteiger partial charge in [-0.05, 0) is 23.7 Å². The number of carbonyl (C=O) groups excluding carboxylic acids is 1. The summed E-state index contributed by atoms with van der Waals surface area (Å²) in [5, 5.41) is 13.0. The largest absolute Gasteiger partial charge is 0.368 e. The van der Waals surface area contributed by atoms with Crippen molar-refractivity contribution in [1.29, 1.82) is 0 Å². The first-order chi connectivity index (χ1) is 15.4. The number of hydrogen-bond donors (Lipinski definition) is 3.